The minimum Gasteiger partial charge on any atom is -0.310 e. The number of hydrogen-bond donors (Lipinski definition) is 0. The van der Waals surface area contributed by atoms with Crippen LogP contribution in [0.3, 0.4) is 0 Å². The Morgan fingerprint density at radius 1 is 0.282 bits per heavy atom. The van der Waals surface area contributed by atoms with Gasteiger partial charge >= 0.3 is 0 Å². The number of hydrogen-bond acceptors (Lipinski definition) is 2. The summed E-state index contributed by atoms with van der Waals surface area (Å²) < 4.78 is 45.0. The third-order valence-corrected chi connectivity index (χ3v) is 16.8. The van der Waals surface area contributed by atoms with Crippen molar-refractivity contribution < 1.29 is 6.85 Å². The van der Waals surface area contributed by atoms with Gasteiger partial charge < -0.3 is 9.80 Å². The lowest BCUT2D eigenvalue weighted by Gasteiger charge is -2.34. The highest BCUT2D eigenvalue weighted by Gasteiger charge is 2.52. The van der Waals surface area contributed by atoms with Gasteiger partial charge in [-0.25, -0.2) is 0 Å². The fourth-order valence-electron chi connectivity index (χ4n) is 13.4. The molecule has 1 unspecified atom stereocenters. The molecule has 0 heterocycles. The second-order valence-corrected chi connectivity index (χ2v) is 21.2. The molecule has 0 fully saturated rings. The quantitative estimate of drug-likeness (QED) is 0.142. The topological polar surface area (TPSA) is 6.48 Å². The number of nitrogens with zero attached hydrogens (tertiary/aromatic N) is 2. The number of rotatable bonds is 9. The Balaban J connectivity index is 1.00. The highest BCUT2D eigenvalue weighted by Crippen LogP contribution is 2.65. The van der Waals surface area contributed by atoms with Crippen LogP contribution in [0.1, 0.15) is 54.1 Å². The van der Waals surface area contributed by atoms with Gasteiger partial charge in [-0.2, -0.15) is 0 Å². The molecule has 12 aromatic rings. The molecular weight excluding hydrogens is 941 g/mol. The largest absolute Gasteiger partial charge is 0.310 e. The molecule has 0 N–H and O–H groups in total. The molecule has 0 saturated heterocycles. The van der Waals surface area contributed by atoms with Gasteiger partial charge in [0.2, 0.25) is 0 Å². The van der Waals surface area contributed by atoms with Crippen LogP contribution in [0.4, 0.5) is 34.1 Å². The SMILES string of the molecule is [2H]c1c([2H])c([2H])c(-c2ccccc2N(c2ccc3c(c2)C(C)(C)c2ccccc2-3)c2ccc3c(c2)C2(c4ccccc4-3)c3ccccc3-c3ccc(N(c4ccccc4)c4c(-c5ccccc5)cccc4-c4ccccc4)cc32)c([2H])c1[2H]. The molecule has 12 aromatic carbocycles. The first kappa shape index (κ1) is 40.5. The van der Waals surface area contributed by atoms with E-state index in [4.69, 9.17) is 4.11 Å². The molecule has 1 spiro atoms. The van der Waals surface area contributed by atoms with Gasteiger partial charge in [-0.3, -0.25) is 0 Å². The number of anilines is 6. The zero-order valence-corrected chi connectivity index (χ0v) is 43.2. The van der Waals surface area contributed by atoms with E-state index in [2.05, 4.69) is 260 Å². The lowest BCUT2D eigenvalue weighted by molar-refractivity contribution is 0.660. The van der Waals surface area contributed by atoms with Crippen molar-refractivity contribution in [3.05, 3.63) is 324 Å². The van der Waals surface area contributed by atoms with Crippen molar-refractivity contribution >= 4 is 34.1 Å². The van der Waals surface area contributed by atoms with Crippen LogP contribution in [0, 0.1) is 0 Å². The Kier molecular flexibility index (Phi) is 9.32. The Labute approximate surface area is 464 Å². The predicted molar refractivity (Wildman–Crippen MR) is 326 cm³/mol. The maximum Gasteiger partial charge on any atom is 0.0727 e. The molecule has 3 aliphatic rings. The summed E-state index contributed by atoms with van der Waals surface area (Å²) in [5.74, 6) is 0. The fourth-order valence-corrected chi connectivity index (χ4v) is 13.4. The zero-order chi connectivity index (χ0) is 56.3. The molecule has 3 aliphatic carbocycles. The van der Waals surface area contributed by atoms with Gasteiger partial charge in [-0.1, -0.05) is 250 Å². The summed E-state index contributed by atoms with van der Waals surface area (Å²) in [7, 11) is 0. The Hall–Kier alpha value is -9.76. The summed E-state index contributed by atoms with van der Waals surface area (Å²) in [4.78, 5) is 4.69. The number of para-hydroxylation sites is 3. The normalized spacial score (nSPS) is 15.6. The van der Waals surface area contributed by atoms with E-state index in [1.54, 1.807) is 0 Å². The van der Waals surface area contributed by atoms with Crippen LogP contribution < -0.4 is 9.80 Å². The van der Waals surface area contributed by atoms with Crippen molar-refractivity contribution in [1.29, 1.82) is 0 Å². The third-order valence-electron chi connectivity index (χ3n) is 16.8. The van der Waals surface area contributed by atoms with E-state index >= 15 is 0 Å². The van der Waals surface area contributed by atoms with E-state index in [0.717, 1.165) is 72.9 Å². The van der Waals surface area contributed by atoms with E-state index in [1.165, 1.54) is 44.5 Å². The van der Waals surface area contributed by atoms with Crippen LogP contribution in [0.5, 0.6) is 0 Å². The van der Waals surface area contributed by atoms with Gasteiger partial charge in [-0.15, -0.1) is 0 Å². The molecule has 78 heavy (non-hydrogen) atoms. The van der Waals surface area contributed by atoms with Gasteiger partial charge in [0, 0.05) is 44.9 Å². The van der Waals surface area contributed by atoms with Crippen molar-refractivity contribution in [2.45, 2.75) is 24.7 Å². The summed E-state index contributed by atoms with van der Waals surface area (Å²) >= 11 is 0. The monoisotopic (exact) mass is 999 g/mol. The average Bonchev–Trinajstić information content (AvgIpc) is 1.80. The molecule has 0 amide bonds. The molecule has 0 radical (unpaired) electrons. The number of benzene rings is 12. The first-order chi connectivity index (χ1) is 40.5. The maximum absolute atomic E-state index is 9.34. The molecule has 15 rings (SSSR count). The molecule has 0 aromatic heterocycles. The zero-order valence-electron chi connectivity index (χ0n) is 48.2. The first-order valence-electron chi connectivity index (χ1n) is 29.3. The molecule has 2 nitrogen and oxygen atoms in total. The molecule has 0 aliphatic heterocycles. The fraction of sp³-hybridized carbons (Fsp3) is 0.0526. The van der Waals surface area contributed by atoms with E-state index in [1.807, 2.05) is 24.3 Å². The van der Waals surface area contributed by atoms with Crippen LogP contribution in [-0.2, 0) is 10.8 Å². The van der Waals surface area contributed by atoms with Crippen LogP contribution in [0.25, 0.3) is 66.8 Å². The minimum atomic E-state index is -0.799. The summed E-state index contributed by atoms with van der Waals surface area (Å²) in [5.41, 5.74) is 23.7. The molecular formula is C76H54N2. The van der Waals surface area contributed by atoms with E-state index < -0.39 is 11.5 Å². The van der Waals surface area contributed by atoms with Gasteiger partial charge in [-0.05, 0) is 138 Å². The second kappa shape index (κ2) is 17.9. The minimum absolute atomic E-state index is 0.147. The first-order valence-corrected chi connectivity index (χ1v) is 26.8. The van der Waals surface area contributed by atoms with E-state index in [0.29, 0.717) is 11.3 Å². The van der Waals surface area contributed by atoms with Crippen LogP contribution in [-0.4, -0.2) is 0 Å². The lowest BCUT2D eigenvalue weighted by Crippen LogP contribution is -2.26. The van der Waals surface area contributed by atoms with Crippen LogP contribution in [0.15, 0.2) is 291 Å². The van der Waals surface area contributed by atoms with Crippen LogP contribution in [0.2, 0.25) is 0 Å². The summed E-state index contributed by atoms with van der Waals surface area (Å²) in [6.45, 7) is 4.57. The van der Waals surface area contributed by atoms with Crippen molar-refractivity contribution in [3.63, 3.8) is 0 Å². The predicted octanol–water partition coefficient (Wildman–Crippen LogP) is 20.3. The Bertz CT molecular complexity index is 4510. The van der Waals surface area contributed by atoms with Gasteiger partial charge in [0.05, 0.1) is 23.6 Å². The second-order valence-electron chi connectivity index (χ2n) is 21.2. The Morgan fingerprint density at radius 2 is 0.679 bits per heavy atom. The standard InChI is InChI=1S/C76H54N2/c1-75(2)67-38-19-15-33-61(67)64-45-42-55(48-70(64)75)77(73-41-22-18-32-58(73)51-24-7-3-8-25-51)56-43-46-65-62-34-16-20-39-68(62)76(71(65)49-56)69-40-21-17-35-63(69)66-47-44-57(50-72(66)76)78(54-30-13-6-14-31-54)74-59(52-26-9-4-10-27-52)36-23-37-60(74)53-28-11-5-12-29-53/h3-50H,1-2H3/i3D,7D,8D,24D,25D. The van der Waals surface area contributed by atoms with Gasteiger partial charge in [0.25, 0.3) is 0 Å². The summed E-state index contributed by atoms with van der Waals surface area (Å²) in [5, 5.41) is 0. The Morgan fingerprint density at radius 3 is 1.23 bits per heavy atom. The summed E-state index contributed by atoms with van der Waals surface area (Å²) in [6, 6.07) is 91.9. The smallest absolute Gasteiger partial charge is 0.0727 e. The molecule has 368 valence electrons. The summed E-state index contributed by atoms with van der Waals surface area (Å²) in [6.07, 6.45) is 0. The molecule has 0 saturated carbocycles. The van der Waals surface area contributed by atoms with Crippen molar-refractivity contribution in [3.8, 4) is 66.8 Å². The number of fused-ring (bicyclic) bond motifs is 13. The van der Waals surface area contributed by atoms with Gasteiger partial charge in [0.15, 0.2) is 0 Å². The highest BCUT2D eigenvalue weighted by atomic mass is 15.2. The lowest BCUT2D eigenvalue weighted by atomic mass is 9.70. The maximum atomic E-state index is 9.34. The molecule has 1 atom stereocenters. The van der Waals surface area contributed by atoms with Crippen molar-refractivity contribution in [1.82, 2.24) is 0 Å². The third kappa shape index (κ3) is 6.83. The van der Waals surface area contributed by atoms with Crippen molar-refractivity contribution in [2.75, 3.05) is 9.80 Å². The van der Waals surface area contributed by atoms with Crippen molar-refractivity contribution in [2.24, 2.45) is 0 Å². The van der Waals surface area contributed by atoms with E-state index in [9.17, 15) is 2.74 Å². The van der Waals surface area contributed by atoms with E-state index in [-0.39, 0.29) is 35.1 Å². The van der Waals surface area contributed by atoms with Gasteiger partial charge in [0.1, 0.15) is 0 Å². The molecule has 0 bridgehead atoms. The van der Waals surface area contributed by atoms with Crippen LogP contribution >= 0.6 is 0 Å². The average molecular weight is 1000 g/mol. The molecule has 2 heteroatoms. The highest BCUT2D eigenvalue weighted by molar-refractivity contribution is 6.01.